The van der Waals surface area contributed by atoms with Gasteiger partial charge in [-0.05, 0) is 25.5 Å². The fraction of sp³-hybridized carbons (Fsp3) is 0.238. The minimum absolute atomic E-state index is 0.157. The summed E-state index contributed by atoms with van der Waals surface area (Å²) in [6.45, 7) is 4.77. The van der Waals surface area contributed by atoms with Gasteiger partial charge in [-0.2, -0.15) is 5.10 Å². The lowest BCUT2D eigenvalue weighted by Gasteiger charge is -2.14. The molecule has 0 bridgehead atoms. The summed E-state index contributed by atoms with van der Waals surface area (Å²) >= 11 is 0. The molecule has 0 saturated carbocycles. The maximum absolute atomic E-state index is 12.7. The van der Waals surface area contributed by atoms with Crippen LogP contribution in [0.15, 0.2) is 61.2 Å². The van der Waals surface area contributed by atoms with Crippen molar-refractivity contribution in [1.29, 1.82) is 0 Å². The van der Waals surface area contributed by atoms with Crippen molar-refractivity contribution in [2.75, 3.05) is 0 Å². The topological polar surface area (TPSA) is 77.1 Å². The van der Waals surface area contributed by atoms with Crippen LogP contribution in [0.1, 0.15) is 42.5 Å². The van der Waals surface area contributed by atoms with E-state index in [1.165, 1.54) is 6.33 Å². The molecule has 0 radical (unpaired) electrons. The van der Waals surface area contributed by atoms with E-state index >= 15 is 0 Å². The number of hydrogen-bond donors (Lipinski definition) is 1. The van der Waals surface area contributed by atoms with E-state index in [0.717, 1.165) is 35.7 Å². The number of imidazole rings is 1. The van der Waals surface area contributed by atoms with Gasteiger partial charge in [0.25, 0.3) is 5.91 Å². The van der Waals surface area contributed by atoms with Crippen LogP contribution in [0, 0.1) is 0 Å². The van der Waals surface area contributed by atoms with Gasteiger partial charge in [0.15, 0.2) is 0 Å². The first kappa shape index (κ1) is 17.9. The van der Waals surface area contributed by atoms with Gasteiger partial charge < -0.3 is 9.72 Å². The quantitative estimate of drug-likeness (QED) is 0.560. The summed E-state index contributed by atoms with van der Waals surface area (Å²) in [6.07, 6.45) is 6.21. The summed E-state index contributed by atoms with van der Waals surface area (Å²) in [6, 6.07) is 13.4. The molecular weight excluding hydrogens is 352 g/mol. The zero-order chi connectivity index (χ0) is 19.5. The van der Waals surface area contributed by atoms with Crippen molar-refractivity contribution in [3.8, 4) is 11.3 Å². The SMILES string of the molecule is CCCn1ncnc1C(C)NC(=O)c1ccc2nc(-c3ccccc3)cn2c1. The number of fused-ring (bicyclic) bond motifs is 1. The van der Waals surface area contributed by atoms with Crippen LogP contribution in [0.2, 0.25) is 0 Å². The third-order valence-corrected chi connectivity index (χ3v) is 4.60. The fourth-order valence-electron chi connectivity index (χ4n) is 3.21. The molecule has 142 valence electrons. The summed E-state index contributed by atoms with van der Waals surface area (Å²) < 4.78 is 3.71. The van der Waals surface area contributed by atoms with Crippen molar-refractivity contribution >= 4 is 11.6 Å². The van der Waals surface area contributed by atoms with Crippen LogP contribution in [0.5, 0.6) is 0 Å². The average molecular weight is 374 g/mol. The summed E-state index contributed by atoms with van der Waals surface area (Å²) in [4.78, 5) is 21.7. The van der Waals surface area contributed by atoms with Gasteiger partial charge in [-0.15, -0.1) is 0 Å². The van der Waals surface area contributed by atoms with Gasteiger partial charge in [-0.3, -0.25) is 4.79 Å². The zero-order valence-electron chi connectivity index (χ0n) is 15.9. The minimum Gasteiger partial charge on any atom is -0.342 e. The van der Waals surface area contributed by atoms with E-state index < -0.39 is 0 Å². The lowest BCUT2D eigenvalue weighted by Crippen LogP contribution is -2.29. The number of carbonyl (C=O) groups excluding carboxylic acids is 1. The minimum atomic E-state index is -0.236. The largest absolute Gasteiger partial charge is 0.342 e. The monoisotopic (exact) mass is 374 g/mol. The molecule has 1 N–H and O–H groups in total. The number of carbonyl (C=O) groups is 1. The molecule has 0 spiro atoms. The van der Waals surface area contributed by atoms with Gasteiger partial charge in [0.2, 0.25) is 0 Å². The summed E-state index contributed by atoms with van der Waals surface area (Å²) in [5, 5.41) is 7.23. The van der Waals surface area contributed by atoms with E-state index in [1.54, 1.807) is 12.3 Å². The molecule has 1 amide bonds. The lowest BCUT2D eigenvalue weighted by atomic mass is 10.2. The third kappa shape index (κ3) is 3.51. The number of hydrogen-bond acceptors (Lipinski definition) is 4. The van der Waals surface area contributed by atoms with Crippen LogP contribution in [0.25, 0.3) is 16.9 Å². The summed E-state index contributed by atoms with van der Waals surface area (Å²) in [5.74, 6) is 0.598. The lowest BCUT2D eigenvalue weighted by molar-refractivity contribution is 0.0937. The molecule has 1 unspecified atom stereocenters. The van der Waals surface area contributed by atoms with Gasteiger partial charge in [-0.1, -0.05) is 37.3 Å². The Labute approximate surface area is 163 Å². The second-order valence-corrected chi connectivity index (χ2v) is 6.71. The molecule has 4 aromatic rings. The van der Waals surface area contributed by atoms with E-state index in [0.29, 0.717) is 5.56 Å². The van der Waals surface area contributed by atoms with E-state index in [4.69, 9.17) is 0 Å². The van der Waals surface area contributed by atoms with Crippen molar-refractivity contribution in [3.05, 3.63) is 72.6 Å². The van der Waals surface area contributed by atoms with Gasteiger partial charge in [-0.25, -0.2) is 14.6 Å². The number of nitrogens with zero attached hydrogens (tertiary/aromatic N) is 5. The number of aromatic nitrogens is 5. The Balaban J connectivity index is 1.55. The van der Waals surface area contributed by atoms with E-state index in [2.05, 4.69) is 27.3 Å². The molecule has 0 aliphatic carbocycles. The predicted octanol–water partition coefficient (Wildman–Crippen LogP) is 3.49. The third-order valence-electron chi connectivity index (χ3n) is 4.60. The Morgan fingerprint density at radius 1 is 1.14 bits per heavy atom. The highest BCUT2D eigenvalue weighted by atomic mass is 16.1. The molecule has 0 saturated heterocycles. The molecule has 1 atom stereocenters. The van der Waals surface area contributed by atoms with Crippen LogP contribution in [0.3, 0.4) is 0 Å². The molecule has 4 rings (SSSR count). The number of nitrogens with one attached hydrogen (secondary N) is 1. The molecular formula is C21H22N6O. The average Bonchev–Trinajstić information content (AvgIpc) is 3.35. The highest BCUT2D eigenvalue weighted by Gasteiger charge is 2.17. The highest BCUT2D eigenvalue weighted by Crippen LogP contribution is 2.19. The predicted molar refractivity (Wildman–Crippen MR) is 107 cm³/mol. The maximum Gasteiger partial charge on any atom is 0.253 e. The van der Waals surface area contributed by atoms with E-state index in [-0.39, 0.29) is 11.9 Å². The van der Waals surface area contributed by atoms with Crippen molar-refractivity contribution in [1.82, 2.24) is 29.5 Å². The number of benzene rings is 1. The molecule has 3 aromatic heterocycles. The van der Waals surface area contributed by atoms with Gasteiger partial charge in [0, 0.05) is 24.5 Å². The molecule has 0 aliphatic rings. The smallest absolute Gasteiger partial charge is 0.253 e. The van der Waals surface area contributed by atoms with Gasteiger partial charge in [0.05, 0.1) is 17.3 Å². The normalized spacial score (nSPS) is 12.2. The summed E-state index contributed by atoms with van der Waals surface area (Å²) in [5.41, 5.74) is 3.28. The second-order valence-electron chi connectivity index (χ2n) is 6.71. The summed E-state index contributed by atoms with van der Waals surface area (Å²) in [7, 11) is 0. The Bertz CT molecular complexity index is 1100. The van der Waals surface area contributed by atoms with Crippen LogP contribution in [0.4, 0.5) is 0 Å². The van der Waals surface area contributed by atoms with Crippen molar-refractivity contribution in [3.63, 3.8) is 0 Å². The molecule has 7 nitrogen and oxygen atoms in total. The standard InChI is InChI=1S/C21H22N6O/c1-3-11-27-20(22-14-23-27)15(2)24-21(28)17-9-10-19-25-18(13-26(19)12-17)16-7-5-4-6-8-16/h4-10,12-15H,3,11H2,1-2H3,(H,24,28). The van der Waals surface area contributed by atoms with Crippen LogP contribution < -0.4 is 5.32 Å². The van der Waals surface area contributed by atoms with Crippen molar-refractivity contribution in [2.24, 2.45) is 0 Å². The Morgan fingerprint density at radius 3 is 2.75 bits per heavy atom. The first-order valence-electron chi connectivity index (χ1n) is 9.38. The molecule has 0 aliphatic heterocycles. The molecule has 1 aromatic carbocycles. The molecule has 28 heavy (non-hydrogen) atoms. The Hall–Kier alpha value is -3.48. The number of pyridine rings is 1. The highest BCUT2D eigenvalue weighted by molar-refractivity contribution is 5.94. The zero-order valence-corrected chi connectivity index (χ0v) is 15.9. The molecule has 3 heterocycles. The second kappa shape index (κ2) is 7.64. The van der Waals surface area contributed by atoms with E-state index in [1.807, 2.05) is 58.6 Å². The molecule has 0 fully saturated rings. The number of rotatable bonds is 6. The number of aryl methyl sites for hydroxylation is 1. The first-order chi connectivity index (χ1) is 13.7. The van der Waals surface area contributed by atoms with Gasteiger partial charge >= 0.3 is 0 Å². The van der Waals surface area contributed by atoms with E-state index in [9.17, 15) is 4.79 Å². The Kier molecular flexibility index (Phi) is 4.89. The molecule has 7 heteroatoms. The fourth-order valence-corrected chi connectivity index (χ4v) is 3.21. The first-order valence-corrected chi connectivity index (χ1v) is 9.38. The maximum atomic E-state index is 12.7. The van der Waals surface area contributed by atoms with Gasteiger partial charge in [0.1, 0.15) is 17.8 Å². The number of amides is 1. The van der Waals surface area contributed by atoms with Crippen molar-refractivity contribution < 1.29 is 4.79 Å². The van der Waals surface area contributed by atoms with Crippen LogP contribution >= 0.6 is 0 Å². The van der Waals surface area contributed by atoms with Crippen molar-refractivity contribution in [2.45, 2.75) is 32.9 Å². The van der Waals surface area contributed by atoms with Crippen LogP contribution in [-0.4, -0.2) is 30.1 Å². The Morgan fingerprint density at radius 2 is 1.96 bits per heavy atom. The van der Waals surface area contributed by atoms with Crippen LogP contribution in [-0.2, 0) is 6.54 Å².